The number of aliphatic hydroxyl groups excluding tert-OH is 2. The fourth-order valence-corrected chi connectivity index (χ4v) is 10.5. The lowest BCUT2D eigenvalue weighted by Crippen LogP contribution is -2.61. The maximum Gasteiger partial charge on any atom is 0.335 e. The standard InChI is InChI=1S/C69H124O12/c1-4-7-10-13-16-19-22-25-28-30-31-33-36-39-42-45-48-51-54-57-63(72)80-67-65(74)64(73)66(68(75)76)81-69(67)78-59-60(79-62(71)56-53-50-47-44-41-38-34-27-24-21-18-15-12-9-6-3)58-77-61(70)55-52-49-46-43-40-37-35-32-29-26-23-20-17-14-11-8-5-2/h16,19,25-26,28-29,60,64-67,69,73-74H,4-15,17-18,20-24,27,30-59H2,1-3H3,(H,75,76)/b19-16-,28-25-,29-26-. The van der Waals surface area contributed by atoms with Gasteiger partial charge in [-0.05, 0) is 77.0 Å². The van der Waals surface area contributed by atoms with Crippen LogP contribution >= 0.6 is 0 Å². The van der Waals surface area contributed by atoms with Crippen molar-refractivity contribution in [2.75, 3.05) is 13.2 Å². The lowest BCUT2D eigenvalue weighted by molar-refractivity contribution is -0.301. The van der Waals surface area contributed by atoms with E-state index in [2.05, 4.69) is 57.2 Å². The van der Waals surface area contributed by atoms with Crippen LogP contribution in [-0.4, -0.2) is 89.2 Å². The molecule has 12 nitrogen and oxygen atoms in total. The van der Waals surface area contributed by atoms with Crippen molar-refractivity contribution >= 4 is 23.9 Å². The Morgan fingerprint density at radius 3 is 1.15 bits per heavy atom. The first kappa shape index (κ1) is 76.0. The van der Waals surface area contributed by atoms with Crippen molar-refractivity contribution in [3.8, 4) is 0 Å². The Balaban J connectivity index is 2.63. The number of allylic oxidation sites excluding steroid dienone is 6. The zero-order valence-corrected chi connectivity index (χ0v) is 52.3. The lowest BCUT2D eigenvalue weighted by atomic mass is 9.98. The number of carbonyl (C=O) groups excluding carboxylic acids is 3. The molecule has 0 aromatic carbocycles. The molecule has 6 atom stereocenters. The van der Waals surface area contributed by atoms with Crippen molar-refractivity contribution in [2.24, 2.45) is 0 Å². The first-order chi connectivity index (χ1) is 39.6. The average Bonchev–Trinajstić information content (AvgIpc) is 3.54. The van der Waals surface area contributed by atoms with Gasteiger partial charge in [-0.3, -0.25) is 14.4 Å². The third kappa shape index (κ3) is 46.9. The molecule has 1 rings (SSSR count). The Labute approximate surface area is 495 Å². The number of hydrogen-bond donors (Lipinski definition) is 3. The molecule has 1 saturated heterocycles. The van der Waals surface area contributed by atoms with Gasteiger partial charge in [-0.25, -0.2) is 4.79 Å². The fourth-order valence-electron chi connectivity index (χ4n) is 10.5. The normalized spacial score (nSPS) is 17.9. The van der Waals surface area contributed by atoms with E-state index in [-0.39, 0.29) is 25.9 Å². The van der Waals surface area contributed by atoms with Gasteiger partial charge in [0.25, 0.3) is 0 Å². The van der Waals surface area contributed by atoms with Crippen molar-refractivity contribution in [1.82, 2.24) is 0 Å². The van der Waals surface area contributed by atoms with E-state index in [1.54, 1.807) is 0 Å². The summed E-state index contributed by atoms with van der Waals surface area (Å²) in [6.07, 6.45) is 56.6. The summed E-state index contributed by atoms with van der Waals surface area (Å²) < 4.78 is 28.6. The number of esters is 3. The molecule has 12 heteroatoms. The Bertz CT molecular complexity index is 1550. The van der Waals surface area contributed by atoms with Gasteiger partial charge in [0, 0.05) is 19.3 Å². The largest absolute Gasteiger partial charge is 0.479 e. The fraction of sp³-hybridized carbons (Fsp3) is 0.855. The van der Waals surface area contributed by atoms with E-state index in [4.69, 9.17) is 23.7 Å². The topological polar surface area (TPSA) is 175 Å². The minimum absolute atomic E-state index is 0.0588. The number of ether oxygens (including phenoxy) is 5. The van der Waals surface area contributed by atoms with Crippen molar-refractivity contribution in [3.05, 3.63) is 36.5 Å². The number of aliphatic carboxylic acids is 1. The molecule has 0 spiro atoms. The molecule has 3 N–H and O–H groups in total. The quantitative estimate of drug-likeness (QED) is 0.0228. The Morgan fingerprint density at radius 1 is 0.407 bits per heavy atom. The summed E-state index contributed by atoms with van der Waals surface area (Å²) in [6, 6.07) is 0. The Morgan fingerprint density at radius 2 is 0.741 bits per heavy atom. The van der Waals surface area contributed by atoms with E-state index in [0.29, 0.717) is 19.3 Å². The molecule has 6 unspecified atom stereocenters. The van der Waals surface area contributed by atoms with Crippen LogP contribution < -0.4 is 0 Å². The van der Waals surface area contributed by atoms with Crippen LogP contribution in [0.1, 0.15) is 329 Å². The minimum Gasteiger partial charge on any atom is -0.479 e. The van der Waals surface area contributed by atoms with Crippen molar-refractivity contribution in [2.45, 2.75) is 366 Å². The third-order valence-electron chi connectivity index (χ3n) is 15.7. The summed E-state index contributed by atoms with van der Waals surface area (Å²) >= 11 is 0. The molecular weight excluding hydrogens is 1020 g/mol. The van der Waals surface area contributed by atoms with Gasteiger partial charge >= 0.3 is 23.9 Å². The second-order valence-electron chi connectivity index (χ2n) is 23.5. The molecule has 0 radical (unpaired) electrons. The number of carbonyl (C=O) groups is 4. The number of aliphatic hydroxyl groups is 2. The molecule has 472 valence electrons. The van der Waals surface area contributed by atoms with Crippen LogP contribution in [0.4, 0.5) is 0 Å². The zero-order chi connectivity index (χ0) is 58.9. The second-order valence-corrected chi connectivity index (χ2v) is 23.5. The Hall–Kier alpha value is -3.06. The van der Waals surface area contributed by atoms with Gasteiger partial charge in [0.05, 0.1) is 6.61 Å². The average molecular weight is 1150 g/mol. The molecular formula is C69H124O12. The second kappa shape index (κ2) is 57.4. The number of rotatable bonds is 59. The summed E-state index contributed by atoms with van der Waals surface area (Å²) in [5.41, 5.74) is 0. The molecule has 0 aromatic heterocycles. The minimum atomic E-state index is -1.90. The van der Waals surface area contributed by atoms with Gasteiger partial charge in [-0.2, -0.15) is 0 Å². The van der Waals surface area contributed by atoms with Gasteiger partial charge < -0.3 is 39.0 Å². The highest BCUT2D eigenvalue weighted by molar-refractivity contribution is 5.74. The summed E-state index contributed by atoms with van der Waals surface area (Å²) in [4.78, 5) is 51.4. The molecule has 81 heavy (non-hydrogen) atoms. The first-order valence-corrected chi connectivity index (χ1v) is 34.0. The van der Waals surface area contributed by atoms with Crippen LogP contribution in [0, 0.1) is 0 Å². The predicted octanol–water partition coefficient (Wildman–Crippen LogP) is 18.4. The third-order valence-corrected chi connectivity index (χ3v) is 15.7. The summed E-state index contributed by atoms with van der Waals surface area (Å²) in [5, 5.41) is 31.6. The molecule has 0 amide bonds. The molecule has 0 aromatic rings. The van der Waals surface area contributed by atoms with Gasteiger partial charge in [-0.1, -0.05) is 269 Å². The van der Waals surface area contributed by atoms with Gasteiger partial charge in [0.1, 0.15) is 18.8 Å². The van der Waals surface area contributed by atoms with Crippen LogP contribution in [-0.2, 0) is 42.9 Å². The highest BCUT2D eigenvalue weighted by atomic mass is 16.7. The number of unbranched alkanes of at least 4 members (excludes halogenated alkanes) is 39. The number of carboxylic acid groups (broad SMARTS) is 1. The van der Waals surface area contributed by atoms with E-state index in [1.807, 2.05) is 0 Å². The van der Waals surface area contributed by atoms with Gasteiger partial charge in [0.15, 0.2) is 24.6 Å². The highest BCUT2D eigenvalue weighted by Crippen LogP contribution is 2.27. The van der Waals surface area contributed by atoms with E-state index < -0.39 is 67.3 Å². The van der Waals surface area contributed by atoms with Crippen LogP contribution in [0.3, 0.4) is 0 Å². The molecule has 0 aliphatic carbocycles. The lowest BCUT2D eigenvalue weighted by Gasteiger charge is -2.40. The van der Waals surface area contributed by atoms with Crippen molar-refractivity contribution in [3.63, 3.8) is 0 Å². The molecule has 1 aliphatic heterocycles. The molecule has 0 bridgehead atoms. The molecule has 0 saturated carbocycles. The smallest absolute Gasteiger partial charge is 0.335 e. The van der Waals surface area contributed by atoms with Crippen LogP contribution in [0.15, 0.2) is 36.5 Å². The summed E-state index contributed by atoms with van der Waals surface area (Å²) in [5.74, 6) is -3.09. The summed E-state index contributed by atoms with van der Waals surface area (Å²) in [7, 11) is 0. The van der Waals surface area contributed by atoms with Crippen molar-refractivity contribution < 1.29 is 58.2 Å². The zero-order valence-electron chi connectivity index (χ0n) is 52.3. The first-order valence-electron chi connectivity index (χ1n) is 34.0. The maximum atomic E-state index is 13.2. The Kier molecular flexibility index (Phi) is 53.8. The van der Waals surface area contributed by atoms with Gasteiger partial charge in [0.2, 0.25) is 0 Å². The number of hydrogen-bond acceptors (Lipinski definition) is 11. The van der Waals surface area contributed by atoms with Crippen LogP contribution in [0.25, 0.3) is 0 Å². The van der Waals surface area contributed by atoms with Crippen LogP contribution in [0.2, 0.25) is 0 Å². The van der Waals surface area contributed by atoms with Crippen LogP contribution in [0.5, 0.6) is 0 Å². The van der Waals surface area contributed by atoms with E-state index in [0.717, 1.165) is 83.5 Å². The van der Waals surface area contributed by atoms with E-state index >= 15 is 0 Å². The summed E-state index contributed by atoms with van der Waals surface area (Å²) in [6.45, 7) is 6.02. The number of carboxylic acids is 1. The monoisotopic (exact) mass is 1140 g/mol. The maximum absolute atomic E-state index is 13.2. The molecule has 1 heterocycles. The molecule has 1 aliphatic rings. The highest BCUT2D eigenvalue weighted by Gasteiger charge is 2.50. The van der Waals surface area contributed by atoms with Gasteiger partial charge in [-0.15, -0.1) is 0 Å². The van der Waals surface area contributed by atoms with Crippen molar-refractivity contribution in [1.29, 1.82) is 0 Å². The SMILES string of the molecule is CCCCC/C=C\C/C=C\CCCCCCCCCCCC(=O)OC1C(OCC(COC(=O)CCCCCCCCC/C=C\CCCCCCCC)OC(=O)CCCCCCCCCCCCCCCCC)OC(C(=O)O)C(O)C1O. The van der Waals surface area contributed by atoms with E-state index in [1.165, 1.54) is 186 Å². The predicted molar refractivity (Wildman–Crippen MR) is 331 cm³/mol. The van der Waals surface area contributed by atoms with E-state index in [9.17, 15) is 34.5 Å². The molecule has 1 fully saturated rings.